The molecule has 28 heavy (non-hydrogen) atoms. The second-order valence-electron chi connectivity index (χ2n) is 6.11. The molecule has 4 rings (SSSR count). The van der Waals surface area contributed by atoms with Gasteiger partial charge >= 0.3 is 0 Å². The Morgan fingerprint density at radius 3 is 2.36 bits per heavy atom. The number of thiazole rings is 1. The summed E-state index contributed by atoms with van der Waals surface area (Å²) in [7, 11) is 3.60. The van der Waals surface area contributed by atoms with Crippen LogP contribution in [0.1, 0.15) is 9.67 Å². The zero-order valence-electron chi connectivity index (χ0n) is 15.5. The van der Waals surface area contributed by atoms with E-state index in [4.69, 9.17) is 4.74 Å². The maximum Gasteiger partial charge on any atom is 0.289 e. The van der Waals surface area contributed by atoms with Crippen molar-refractivity contribution in [2.75, 3.05) is 7.11 Å². The van der Waals surface area contributed by atoms with Gasteiger partial charge in [-0.25, -0.2) is 0 Å². The summed E-state index contributed by atoms with van der Waals surface area (Å²) in [6.45, 7) is 0. The van der Waals surface area contributed by atoms with Crippen molar-refractivity contribution in [3.8, 4) is 27.4 Å². The number of amides is 1. The van der Waals surface area contributed by atoms with Crippen LogP contribution in [-0.4, -0.2) is 17.6 Å². The van der Waals surface area contributed by atoms with E-state index in [2.05, 4.69) is 17.1 Å². The van der Waals surface area contributed by atoms with Gasteiger partial charge in [-0.3, -0.25) is 4.79 Å². The van der Waals surface area contributed by atoms with Crippen molar-refractivity contribution in [3.05, 3.63) is 81.8 Å². The van der Waals surface area contributed by atoms with Crippen LogP contribution in [0.15, 0.2) is 77.1 Å². The first-order valence-electron chi connectivity index (χ1n) is 8.69. The molecular weight excluding hydrogens is 388 g/mol. The van der Waals surface area contributed by atoms with Crippen LogP contribution < -0.4 is 9.54 Å². The van der Waals surface area contributed by atoms with E-state index in [-0.39, 0.29) is 5.91 Å². The normalized spacial score (nSPS) is 11.6. The number of carbonyl (C=O) groups is 1. The molecule has 1 amide bonds. The molecular formula is C22H18N2O2S2. The lowest BCUT2D eigenvalue weighted by molar-refractivity contribution is 0.100. The van der Waals surface area contributed by atoms with E-state index < -0.39 is 0 Å². The Kier molecular flexibility index (Phi) is 5.23. The molecule has 0 unspecified atom stereocenters. The van der Waals surface area contributed by atoms with Crippen LogP contribution in [0.4, 0.5) is 0 Å². The highest BCUT2D eigenvalue weighted by Gasteiger charge is 2.16. The molecule has 4 aromatic rings. The zero-order chi connectivity index (χ0) is 19.5. The predicted octanol–water partition coefficient (Wildman–Crippen LogP) is 5.23. The monoisotopic (exact) mass is 406 g/mol. The van der Waals surface area contributed by atoms with Crippen molar-refractivity contribution in [2.24, 2.45) is 12.0 Å². The lowest BCUT2D eigenvalue weighted by Crippen LogP contribution is -2.14. The number of aromatic nitrogens is 1. The number of thiophene rings is 1. The van der Waals surface area contributed by atoms with Crippen molar-refractivity contribution in [2.45, 2.75) is 0 Å². The van der Waals surface area contributed by atoms with Gasteiger partial charge in [0.15, 0.2) is 4.80 Å². The van der Waals surface area contributed by atoms with Crippen LogP contribution >= 0.6 is 22.7 Å². The van der Waals surface area contributed by atoms with E-state index in [9.17, 15) is 4.79 Å². The van der Waals surface area contributed by atoms with Gasteiger partial charge in [0.05, 0.1) is 22.6 Å². The molecule has 0 aliphatic carbocycles. The third kappa shape index (κ3) is 3.56. The first-order chi connectivity index (χ1) is 13.7. The van der Waals surface area contributed by atoms with Crippen molar-refractivity contribution < 1.29 is 9.53 Å². The van der Waals surface area contributed by atoms with Crippen LogP contribution in [-0.2, 0) is 7.05 Å². The summed E-state index contributed by atoms with van der Waals surface area (Å²) in [4.78, 5) is 19.3. The second-order valence-corrected chi connectivity index (χ2v) is 8.04. The Morgan fingerprint density at radius 2 is 1.71 bits per heavy atom. The molecule has 0 aliphatic heterocycles. The molecule has 6 heteroatoms. The van der Waals surface area contributed by atoms with E-state index in [1.165, 1.54) is 22.7 Å². The fourth-order valence-corrected chi connectivity index (χ4v) is 4.71. The van der Waals surface area contributed by atoms with E-state index >= 15 is 0 Å². The molecule has 0 N–H and O–H groups in total. The van der Waals surface area contributed by atoms with Gasteiger partial charge in [-0.15, -0.1) is 11.3 Å². The molecule has 2 aromatic carbocycles. The van der Waals surface area contributed by atoms with Crippen LogP contribution in [0.25, 0.3) is 21.7 Å². The van der Waals surface area contributed by atoms with Crippen LogP contribution in [0.3, 0.4) is 0 Å². The molecule has 2 aromatic heterocycles. The zero-order valence-corrected chi connectivity index (χ0v) is 17.1. The molecule has 0 fully saturated rings. The molecule has 0 spiro atoms. The molecule has 0 radical (unpaired) electrons. The molecule has 4 nitrogen and oxygen atoms in total. The second kappa shape index (κ2) is 7.96. The number of carbonyl (C=O) groups excluding carboxylic acids is 1. The molecule has 0 saturated carbocycles. The summed E-state index contributed by atoms with van der Waals surface area (Å²) in [6.07, 6.45) is 0. The SMILES string of the molecule is COc1ccc(-c2c(-c3ccccc3)sc(=NC(=O)c3cccs3)n2C)cc1. The van der Waals surface area contributed by atoms with Gasteiger partial charge in [0.25, 0.3) is 5.91 Å². The summed E-state index contributed by atoms with van der Waals surface area (Å²) < 4.78 is 7.27. The van der Waals surface area contributed by atoms with Crippen LogP contribution in [0, 0.1) is 0 Å². The molecule has 0 aliphatic rings. The Hall–Kier alpha value is -2.96. The van der Waals surface area contributed by atoms with Crippen molar-refractivity contribution in [1.82, 2.24) is 4.57 Å². The van der Waals surface area contributed by atoms with E-state index in [1.807, 2.05) is 65.5 Å². The smallest absolute Gasteiger partial charge is 0.289 e. The minimum absolute atomic E-state index is 0.215. The van der Waals surface area contributed by atoms with E-state index in [0.717, 1.165) is 27.4 Å². The number of nitrogens with zero attached hydrogens (tertiary/aromatic N) is 2. The number of hydrogen-bond donors (Lipinski definition) is 0. The topological polar surface area (TPSA) is 43.6 Å². The van der Waals surface area contributed by atoms with Crippen LogP contribution in [0.5, 0.6) is 5.75 Å². The fraction of sp³-hybridized carbons (Fsp3) is 0.0909. The quantitative estimate of drug-likeness (QED) is 0.466. The Labute approximate surface area is 171 Å². The Balaban J connectivity index is 1.90. The van der Waals surface area contributed by atoms with Gasteiger partial charge in [-0.05, 0) is 46.8 Å². The van der Waals surface area contributed by atoms with Gasteiger partial charge in [0.2, 0.25) is 0 Å². The molecule has 0 atom stereocenters. The van der Waals surface area contributed by atoms with Crippen molar-refractivity contribution in [1.29, 1.82) is 0 Å². The summed E-state index contributed by atoms with van der Waals surface area (Å²) in [5.41, 5.74) is 3.17. The molecule has 0 saturated heterocycles. The molecule has 140 valence electrons. The minimum atomic E-state index is -0.215. The first kappa shape index (κ1) is 18.4. The third-order valence-corrected chi connectivity index (χ3v) is 6.40. The summed E-state index contributed by atoms with van der Waals surface area (Å²) in [5.74, 6) is 0.591. The summed E-state index contributed by atoms with van der Waals surface area (Å²) in [6, 6.07) is 21.8. The Morgan fingerprint density at radius 1 is 0.964 bits per heavy atom. The number of methoxy groups -OCH3 is 1. The number of ether oxygens (including phenoxy) is 1. The lowest BCUT2D eigenvalue weighted by Gasteiger charge is -2.08. The number of rotatable bonds is 4. The first-order valence-corrected chi connectivity index (χ1v) is 10.4. The third-order valence-electron chi connectivity index (χ3n) is 4.36. The largest absolute Gasteiger partial charge is 0.497 e. The molecule has 0 bridgehead atoms. The number of benzene rings is 2. The van der Waals surface area contributed by atoms with E-state index in [0.29, 0.717) is 9.68 Å². The van der Waals surface area contributed by atoms with Crippen molar-refractivity contribution >= 4 is 28.6 Å². The number of hydrogen-bond acceptors (Lipinski definition) is 4. The minimum Gasteiger partial charge on any atom is -0.497 e. The van der Waals surface area contributed by atoms with Gasteiger partial charge in [-0.2, -0.15) is 4.99 Å². The Bertz CT molecular complexity index is 1160. The van der Waals surface area contributed by atoms with Gasteiger partial charge in [-0.1, -0.05) is 47.7 Å². The molecule has 2 heterocycles. The summed E-state index contributed by atoms with van der Waals surface area (Å²) >= 11 is 2.92. The summed E-state index contributed by atoms with van der Waals surface area (Å²) in [5, 5.41) is 1.88. The highest BCUT2D eigenvalue weighted by atomic mass is 32.1. The van der Waals surface area contributed by atoms with Crippen molar-refractivity contribution in [3.63, 3.8) is 0 Å². The van der Waals surface area contributed by atoms with E-state index in [1.54, 1.807) is 13.2 Å². The highest BCUT2D eigenvalue weighted by Crippen LogP contribution is 2.34. The predicted molar refractivity (Wildman–Crippen MR) is 115 cm³/mol. The van der Waals surface area contributed by atoms with Gasteiger partial charge in [0.1, 0.15) is 5.75 Å². The highest BCUT2D eigenvalue weighted by molar-refractivity contribution is 7.13. The average Bonchev–Trinajstić information content (AvgIpc) is 3.38. The lowest BCUT2D eigenvalue weighted by atomic mass is 10.1. The fourth-order valence-electron chi connectivity index (χ4n) is 2.95. The standard InChI is InChI=1S/C22H18N2O2S2/c1-24-19(15-10-12-17(26-2)13-11-15)20(16-7-4-3-5-8-16)28-22(24)23-21(25)18-9-6-14-27-18/h3-14H,1-2H3. The van der Waals surface area contributed by atoms with Crippen LogP contribution in [0.2, 0.25) is 0 Å². The average molecular weight is 407 g/mol. The van der Waals surface area contributed by atoms with Gasteiger partial charge in [0, 0.05) is 7.05 Å². The van der Waals surface area contributed by atoms with Gasteiger partial charge < -0.3 is 9.30 Å². The maximum absolute atomic E-state index is 12.5. The maximum atomic E-state index is 12.5.